The summed E-state index contributed by atoms with van der Waals surface area (Å²) in [7, 11) is -11.4. The summed E-state index contributed by atoms with van der Waals surface area (Å²) < 4.78 is 114. The van der Waals surface area contributed by atoms with Gasteiger partial charge in [-0.05, 0) is 6.92 Å². The van der Waals surface area contributed by atoms with E-state index in [1.165, 1.54) is 11.5 Å². The molecule has 25 heavy (non-hydrogen) atoms. The zero-order chi connectivity index (χ0) is 20.4. The molecule has 7 nitrogen and oxygen atoms in total. The number of alkyl halides is 6. The molecule has 0 fully saturated rings. The Labute approximate surface area is 140 Å². The van der Waals surface area contributed by atoms with Crippen LogP contribution in [0.3, 0.4) is 0 Å². The summed E-state index contributed by atoms with van der Waals surface area (Å²) in [6.07, 6.45) is 2.15. The maximum atomic E-state index is 11.4. The molecule has 0 N–H and O–H groups in total. The number of nitrogens with zero attached hydrogens (tertiary/aromatic N) is 3. The molecule has 0 aliphatic rings. The molecule has 1 aromatic heterocycles. The summed E-state index contributed by atoms with van der Waals surface area (Å²) in [5, 5.41) is 0. The number of hydrogen-bond donors (Lipinski definition) is 0. The van der Waals surface area contributed by atoms with E-state index in [1.54, 1.807) is 0 Å². The normalized spacial score (nSPS) is 13.4. The lowest BCUT2D eigenvalue weighted by atomic mass is 10.5. The number of aryl methyl sites for hydroxylation is 2. The number of imidazole rings is 1. The maximum Gasteiger partial charge on any atom is 0.480 e. The van der Waals surface area contributed by atoms with Crippen LogP contribution >= 0.6 is 0 Å². The lowest BCUT2D eigenvalue weighted by Crippen LogP contribution is -2.30. The minimum Gasteiger partial charge on any atom is -0.421 e. The molecule has 1 heterocycles. The van der Waals surface area contributed by atoms with E-state index in [0.717, 1.165) is 10.7 Å². The largest absolute Gasteiger partial charge is 0.480 e. The molecule has 0 aliphatic heterocycles. The van der Waals surface area contributed by atoms with Gasteiger partial charge in [0.15, 0.2) is 20.0 Å². The van der Waals surface area contributed by atoms with E-state index in [0.29, 0.717) is 0 Å². The molecule has 0 saturated carbocycles. The van der Waals surface area contributed by atoms with Gasteiger partial charge in [0.1, 0.15) is 11.9 Å². The van der Waals surface area contributed by atoms with Crippen molar-refractivity contribution in [2.45, 2.75) is 38.3 Å². The van der Waals surface area contributed by atoms with Gasteiger partial charge in [0.2, 0.25) is 0 Å². The Hall–Kier alpha value is -1.35. The highest BCUT2D eigenvalue weighted by atomic mass is 32.3. The van der Waals surface area contributed by atoms with Crippen LogP contribution in [-0.2, 0) is 33.6 Å². The molecule has 148 valence electrons. The summed E-state index contributed by atoms with van der Waals surface area (Å²) in [5.74, 6) is 1.32. The summed E-state index contributed by atoms with van der Waals surface area (Å²) in [4.78, 5) is 0. The fourth-order valence-electron chi connectivity index (χ4n) is 1.58. The van der Waals surface area contributed by atoms with E-state index < -0.39 is 31.1 Å². The second-order valence-electron chi connectivity index (χ2n) is 4.59. The Morgan fingerprint density at radius 1 is 1.00 bits per heavy atom. The first-order chi connectivity index (χ1) is 10.9. The van der Waals surface area contributed by atoms with Gasteiger partial charge in [-0.1, -0.05) is 0 Å². The van der Waals surface area contributed by atoms with E-state index in [9.17, 15) is 43.2 Å². The quantitative estimate of drug-likeness (QED) is 0.554. The molecule has 0 unspecified atom stereocenters. The van der Waals surface area contributed by atoms with Gasteiger partial charge < -0.3 is 4.13 Å². The highest BCUT2D eigenvalue weighted by molar-refractivity contribution is 8.13. The van der Waals surface area contributed by atoms with E-state index in [4.69, 9.17) is 0 Å². The molecule has 0 radical (unpaired) electrons. The first-order valence-electron chi connectivity index (χ1n) is 6.26. The maximum absolute atomic E-state index is 11.4. The van der Waals surface area contributed by atoms with Gasteiger partial charge in [-0.15, -0.1) is 0 Å². The molecule has 15 heteroatoms. The van der Waals surface area contributed by atoms with E-state index >= 15 is 0 Å². The first kappa shape index (κ1) is 23.6. The molecule has 0 amide bonds. The average molecular weight is 419 g/mol. The minimum atomic E-state index is -6.72. The van der Waals surface area contributed by atoms with Crippen molar-refractivity contribution in [3.63, 3.8) is 0 Å². The van der Waals surface area contributed by atoms with Crippen LogP contribution in [0.4, 0.5) is 26.3 Å². The van der Waals surface area contributed by atoms with Crippen molar-refractivity contribution in [2.24, 2.45) is 7.05 Å². The van der Waals surface area contributed by atoms with Crippen LogP contribution < -0.4 is 4.57 Å². The number of hydrogen-bond acceptors (Lipinski definition) is 4. The second kappa shape index (κ2) is 7.49. The van der Waals surface area contributed by atoms with Gasteiger partial charge in [-0.2, -0.15) is 26.3 Å². The number of aromatic nitrogens is 2. The zero-order valence-electron chi connectivity index (χ0n) is 13.3. The third-order valence-corrected chi connectivity index (χ3v) is 5.54. The van der Waals surface area contributed by atoms with Crippen LogP contribution in [0.1, 0.15) is 18.4 Å². The van der Waals surface area contributed by atoms with Crippen molar-refractivity contribution in [1.29, 1.82) is 0 Å². The predicted molar refractivity (Wildman–Crippen MR) is 74.1 cm³/mol. The smallest absolute Gasteiger partial charge is 0.421 e. The van der Waals surface area contributed by atoms with Gasteiger partial charge in [-0.25, -0.2) is 26.0 Å². The molecule has 0 aliphatic carbocycles. The van der Waals surface area contributed by atoms with Crippen LogP contribution in [-0.4, -0.2) is 32.4 Å². The molecule has 0 bridgehead atoms. The second-order valence-corrected chi connectivity index (χ2v) is 8.01. The van der Waals surface area contributed by atoms with Crippen molar-refractivity contribution < 1.29 is 47.7 Å². The van der Waals surface area contributed by atoms with Crippen molar-refractivity contribution >= 4 is 20.0 Å². The minimum absolute atomic E-state index is 0.778. The standard InChI is InChI=1S/C8H15N2.C2F6NO4S2/c1-5-10-7(2)6-9(4)8(10)3;3-1(4,5)14(10,11)9-15(12,13)2(6,7)8/h6H,5H2,1-4H3;/q+1;-1. The fraction of sp³-hybridized carbons (Fsp3) is 0.700. The topological polar surface area (TPSA) is 91.2 Å². The third-order valence-electron chi connectivity index (χ3n) is 2.80. The van der Waals surface area contributed by atoms with Crippen molar-refractivity contribution in [2.75, 3.05) is 0 Å². The summed E-state index contributed by atoms with van der Waals surface area (Å²) in [6, 6.07) is 0. The first-order valence-corrected chi connectivity index (χ1v) is 9.14. The summed E-state index contributed by atoms with van der Waals surface area (Å²) in [6.45, 7) is 7.51. The summed E-state index contributed by atoms with van der Waals surface area (Å²) in [5.41, 5.74) is -11.1. The van der Waals surface area contributed by atoms with Crippen molar-refractivity contribution in [1.82, 2.24) is 4.57 Å². The third kappa shape index (κ3) is 5.85. The molecule has 0 atom stereocenters. The molecule has 1 aromatic rings. The molecule has 0 saturated heterocycles. The van der Waals surface area contributed by atoms with E-state index in [-0.39, 0.29) is 0 Å². The van der Waals surface area contributed by atoms with Crippen molar-refractivity contribution in [3.05, 3.63) is 21.8 Å². The van der Waals surface area contributed by atoms with Crippen LogP contribution in [0.15, 0.2) is 6.20 Å². The van der Waals surface area contributed by atoms with Gasteiger partial charge in [0.05, 0.1) is 13.6 Å². The number of sulfonamides is 2. The molecule has 0 spiro atoms. The Morgan fingerprint density at radius 2 is 1.36 bits per heavy atom. The zero-order valence-corrected chi connectivity index (χ0v) is 15.0. The van der Waals surface area contributed by atoms with Gasteiger partial charge in [0.25, 0.3) is 5.82 Å². The average Bonchev–Trinajstić information content (AvgIpc) is 2.59. The number of rotatable bonds is 3. The Kier molecular flexibility index (Phi) is 7.09. The fourth-order valence-corrected chi connectivity index (χ4v) is 3.29. The Balaban J connectivity index is 0.000000496. The molecular weight excluding hydrogens is 404 g/mol. The van der Waals surface area contributed by atoms with Gasteiger partial charge in [-0.3, -0.25) is 0 Å². The number of halogens is 6. The van der Waals surface area contributed by atoms with Crippen molar-refractivity contribution in [3.8, 4) is 0 Å². The monoisotopic (exact) mass is 419 g/mol. The van der Waals surface area contributed by atoms with Crippen LogP contribution in [0, 0.1) is 13.8 Å². The highest BCUT2D eigenvalue weighted by Gasteiger charge is 2.46. The Morgan fingerprint density at radius 3 is 1.52 bits per heavy atom. The predicted octanol–water partition coefficient (Wildman–Crippen LogP) is 2.01. The molecule has 0 aromatic carbocycles. The SMILES string of the molecule is CCn1c(C)c[n+](C)c1C.O=S(=O)([N-]S(=O)(=O)C(F)(F)F)C(F)(F)F. The van der Waals surface area contributed by atoms with Gasteiger partial charge in [0, 0.05) is 13.8 Å². The van der Waals surface area contributed by atoms with E-state index in [2.05, 4.69) is 43.1 Å². The van der Waals surface area contributed by atoms with Crippen LogP contribution in [0.25, 0.3) is 4.13 Å². The lowest BCUT2D eigenvalue weighted by Gasteiger charge is -2.22. The highest BCUT2D eigenvalue weighted by Crippen LogP contribution is 2.36. The van der Waals surface area contributed by atoms with E-state index in [1.807, 2.05) is 0 Å². The van der Waals surface area contributed by atoms with Crippen LogP contribution in [0.2, 0.25) is 0 Å². The lowest BCUT2D eigenvalue weighted by molar-refractivity contribution is -0.677. The Bertz CT molecular complexity index is 767. The summed E-state index contributed by atoms with van der Waals surface area (Å²) >= 11 is 0. The molecular formula is C10H15F6N3O4S2. The molecule has 1 rings (SSSR count). The van der Waals surface area contributed by atoms with Crippen LogP contribution in [0.5, 0.6) is 0 Å². The van der Waals surface area contributed by atoms with Gasteiger partial charge >= 0.3 is 11.0 Å².